The van der Waals surface area contributed by atoms with Crippen molar-refractivity contribution in [2.45, 2.75) is 33.4 Å². The van der Waals surface area contributed by atoms with Crippen molar-refractivity contribution in [2.75, 3.05) is 0 Å². The first kappa shape index (κ1) is 18.2. The van der Waals surface area contributed by atoms with Crippen molar-refractivity contribution in [3.05, 3.63) is 71.4 Å². The molecule has 0 aliphatic rings. The van der Waals surface area contributed by atoms with Crippen LogP contribution in [0.15, 0.2) is 47.2 Å². The quantitative estimate of drug-likeness (QED) is 0.688. The van der Waals surface area contributed by atoms with Gasteiger partial charge in [0, 0.05) is 18.3 Å². The number of hydrogen-bond acceptors (Lipinski definition) is 4. The lowest BCUT2D eigenvalue weighted by atomic mass is 9.97. The summed E-state index contributed by atoms with van der Waals surface area (Å²) in [6.07, 6.45) is 3.31. The number of benzene rings is 1. The maximum Gasteiger partial charge on any atom is 0.226 e. The van der Waals surface area contributed by atoms with E-state index < -0.39 is 11.6 Å². The van der Waals surface area contributed by atoms with E-state index in [4.69, 9.17) is 4.42 Å². The molecule has 6 heteroatoms. The Kier molecular flexibility index (Phi) is 5.42. The smallest absolute Gasteiger partial charge is 0.226 e. The van der Waals surface area contributed by atoms with Crippen molar-refractivity contribution in [3.8, 4) is 11.5 Å². The average Bonchev–Trinajstić information content (AvgIpc) is 3.08. The number of pyridine rings is 1. The number of aryl methyl sites for hydroxylation is 1. The van der Waals surface area contributed by atoms with E-state index in [1.807, 2.05) is 19.1 Å². The summed E-state index contributed by atoms with van der Waals surface area (Å²) in [7, 11) is 0. The van der Waals surface area contributed by atoms with E-state index in [2.05, 4.69) is 29.1 Å². The summed E-state index contributed by atoms with van der Waals surface area (Å²) >= 11 is 0. The van der Waals surface area contributed by atoms with Crippen molar-refractivity contribution in [1.29, 1.82) is 0 Å². The van der Waals surface area contributed by atoms with Crippen LogP contribution in [0, 0.1) is 24.5 Å². The van der Waals surface area contributed by atoms with Crippen LogP contribution in [-0.2, 0) is 6.54 Å². The van der Waals surface area contributed by atoms with Gasteiger partial charge in [0.05, 0.1) is 17.4 Å². The number of oxazole rings is 1. The predicted molar refractivity (Wildman–Crippen MR) is 95.2 cm³/mol. The minimum atomic E-state index is -0.925. The molecule has 1 unspecified atom stereocenters. The van der Waals surface area contributed by atoms with Crippen LogP contribution in [0.3, 0.4) is 0 Å². The molecule has 0 fully saturated rings. The summed E-state index contributed by atoms with van der Waals surface area (Å²) in [5, 5.41) is 3.46. The molecule has 0 aliphatic heterocycles. The number of halogens is 2. The topological polar surface area (TPSA) is 51.0 Å². The van der Waals surface area contributed by atoms with Crippen LogP contribution >= 0.6 is 0 Å². The molecule has 0 radical (unpaired) electrons. The van der Waals surface area contributed by atoms with Gasteiger partial charge in [0.2, 0.25) is 5.89 Å². The Morgan fingerprint density at radius 3 is 2.65 bits per heavy atom. The molecule has 0 aliphatic carbocycles. The fourth-order valence-corrected chi connectivity index (χ4v) is 2.84. The fourth-order valence-electron chi connectivity index (χ4n) is 2.84. The summed E-state index contributed by atoms with van der Waals surface area (Å²) in [6.45, 7) is 6.77. The third-order valence-electron chi connectivity index (χ3n) is 4.23. The van der Waals surface area contributed by atoms with Crippen molar-refractivity contribution < 1.29 is 13.2 Å². The standard InChI is InChI=1S/C20H21F2N3O/c1-12(2)18(19-13(3)5-4-8-23-19)24-10-15-11-26-20(25-15)14-6-7-16(21)17(22)9-14/h4-9,11-12,18,24H,10H2,1-3H3. The van der Waals surface area contributed by atoms with Gasteiger partial charge in [0.15, 0.2) is 11.6 Å². The van der Waals surface area contributed by atoms with Crippen LogP contribution in [0.5, 0.6) is 0 Å². The molecule has 1 atom stereocenters. The highest BCUT2D eigenvalue weighted by Crippen LogP contribution is 2.24. The lowest BCUT2D eigenvalue weighted by Crippen LogP contribution is -2.27. The zero-order chi connectivity index (χ0) is 18.7. The SMILES string of the molecule is Cc1cccnc1C(NCc1coc(-c2ccc(F)c(F)c2)n1)C(C)C. The first-order valence-corrected chi connectivity index (χ1v) is 8.50. The zero-order valence-electron chi connectivity index (χ0n) is 15.0. The van der Waals surface area contributed by atoms with Crippen molar-refractivity contribution >= 4 is 0 Å². The van der Waals surface area contributed by atoms with Crippen molar-refractivity contribution in [2.24, 2.45) is 5.92 Å². The van der Waals surface area contributed by atoms with Gasteiger partial charge in [-0.05, 0) is 42.7 Å². The third kappa shape index (κ3) is 3.96. The van der Waals surface area contributed by atoms with Crippen LogP contribution in [-0.4, -0.2) is 9.97 Å². The van der Waals surface area contributed by atoms with Gasteiger partial charge in [0.25, 0.3) is 0 Å². The highest BCUT2D eigenvalue weighted by Gasteiger charge is 2.19. The number of nitrogens with zero attached hydrogens (tertiary/aromatic N) is 2. The Bertz CT molecular complexity index is 892. The molecule has 0 spiro atoms. The fraction of sp³-hybridized carbons (Fsp3) is 0.300. The number of rotatable bonds is 6. The summed E-state index contributed by atoms with van der Waals surface area (Å²) in [6, 6.07) is 7.60. The lowest BCUT2D eigenvalue weighted by molar-refractivity contribution is 0.398. The second-order valence-corrected chi connectivity index (χ2v) is 6.58. The van der Waals surface area contributed by atoms with E-state index in [-0.39, 0.29) is 11.9 Å². The summed E-state index contributed by atoms with van der Waals surface area (Å²) < 4.78 is 31.8. The molecule has 3 aromatic rings. The van der Waals surface area contributed by atoms with E-state index >= 15 is 0 Å². The van der Waals surface area contributed by atoms with Crippen LogP contribution in [0.25, 0.3) is 11.5 Å². The van der Waals surface area contributed by atoms with Gasteiger partial charge in [-0.25, -0.2) is 13.8 Å². The van der Waals surface area contributed by atoms with Crippen LogP contribution < -0.4 is 5.32 Å². The number of nitrogens with one attached hydrogen (secondary N) is 1. The number of hydrogen-bond donors (Lipinski definition) is 1. The maximum atomic E-state index is 13.4. The van der Waals surface area contributed by atoms with Crippen LogP contribution in [0.4, 0.5) is 8.78 Å². The second kappa shape index (κ2) is 7.74. The third-order valence-corrected chi connectivity index (χ3v) is 4.23. The van der Waals surface area contributed by atoms with Gasteiger partial charge in [-0.2, -0.15) is 0 Å². The maximum absolute atomic E-state index is 13.4. The summed E-state index contributed by atoms with van der Waals surface area (Å²) in [5.74, 6) is -1.23. The lowest BCUT2D eigenvalue weighted by Gasteiger charge is -2.23. The largest absolute Gasteiger partial charge is 0.444 e. The van der Waals surface area contributed by atoms with Gasteiger partial charge in [-0.3, -0.25) is 4.98 Å². The molecule has 2 aromatic heterocycles. The molecule has 1 N–H and O–H groups in total. The van der Waals surface area contributed by atoms with Gasteiger partial charge in [-0.15, -0.1) is 0 Å². The highest BCUT2D eigenvalue weighted by molar-refractivity contribution is 5.53. The molecule has 26 heavy (non-hydrogen) atoms. The summed E-state index contributed by atoms with van der Waals surface area (Å²) in [5.41, 5.74) is 3.22. The molecule has 0 saturated heterocycles. The first-order valence-electron chi connectivity index (χ1n) is 8.50. The molecule has 1 aromatic carbocycles. The van der Waals surface area contributed by atoms with E-state index in [9.17, 15) is 8.78 Å². The molecule has 136 valence electrons. The van der Waals surface area contributed by atoms with Gasteiger partial charge < -0.3 is 9.73 Å². The summed E-state index contributed by atoms with van der Waals surface area (Å²) in [4.78, 5) is 8.86. The van der Waals surface area contributed by atoms with E-state index in [0.717, 1.165) is 23.4 Å². The normalized spacial score (nSPS) is 12.5. The molecule has 0 bridgehead atoms. The molecule has 0 amide bonds. The van der Waals surface area contributed by atoms with Crippen LogP contribution in [0.1, 0.15) is 36.8 Å². The zero-order valence-corrected chi connectivity index (χ0v) is 15.0. The monoisotopic (exact) mass is 357 g/mol. The highest BCUT2D eigenvalue weighted by atomic mass is 19.2. The Balaban J connectivity index is 1.74. The Morgan fingerprint density at radius 1 is 1.15 bits per heavy atom. The molecule has 2 heterocycles. The first-order chi connectivity index (χ1) is 12.5. The van der Waals surface area contributed by atoms with Gasteiger partial charge >= 0.3 is 0 Å². The van der Waals surface area contributed by atoms with E-state index in [0.29, 0.717) is 23.7 Å². The van der Waals surface area contributed by atoms with Crippen molar-refractivity contribution in [1.82, 2.24) is 15.3 Å². The van der Waals surface area contributed by atoms with Gasteiger partial charge in [-0.1, -0.05) is 19.9 Å². The van der Waals surface area contributed by atoms with E-state index in [1.165, 1.54) is 12.3 Å². The predicted octanol–water partition coefficient (Wildman–Crippen LogP) is 4.81. The Labute approximate surface area is 151 Å². The van der Waals surface area contributed by atoms with Crippen molar-refractivity contribution in [3.63, 3.8) is 0 Å². The number of aromatic nitrogens is 2. The Morgan fingerprint density at radius 2 is 1.96 bits per heavy atom. The molecule has 3 rings (SSSR count). The molecular formula is C20H21F2N3O. The Hall–Kier alpha value is -2.60. The molecule has 0 saturated carbocycles. The molecule has 4 nitrogen and oxygen atoms in total. The molecular weight excluding hydrogens is 336 g/mol. The minimum absolute atomic E-state index is 0.0691. The van der Waals surface area contributed by atoms with E-state index in [1.54, 1.807) is 6.20 Å². The van der Waals surface area contributed by atoms with Gasteiger partial charge in [0.1, 0.15) is 6.26 Å². The van der Waals surface area contributed by atoms with Crippen LogP contribution in [0.2, 0.25) is 0 Å². The minimum Gasteiger partial charge on any atom is -0.444 e. The average molecular weight is 357 g/mol. The second-order valence-electron chi connectivity index (χ2n) is 6.58.